The Kier molecular flexibility index (Phi) is 6.00. The molecule has 2 N–H and O–H groups in total. The molecule has 0 aliphatic carbocycles. The number of anilines is 2. The Bertz CT molecular complexity index is 687. The molecular formula is C16H23N7O. The van der Waals surface area contributed by atoms with E-state index in [-0.39, 0.29) is 6.04 Å². The van der Waals surface area contributed by atoms with Gasteiger partial charge in [-0.15, -0.1) is 0 Å². The van der Waals surface area contributed by atoms with Gasteiger partial charge in [-0.1, -0.05) is 13.5 Å². The number of aromatic nitrogens is 5. The minimum atomic E-state index is -0.00432. The molecule has 128 valence electrons. The molecule has 2 aromatic rings. The van der Waals surface area contributed by atoms with E-state index in [9.17, 15) is 0 Å². The summed E-state index contributed by atoms with van der Waals surface area (Å²) in [4.78, 5) is 21.2. The van der Waals surface area contributed by atoms with Gasteiger partial charge in [-0.25, -0.2) is 9.97 Å². The van der Waals surface area contributed by atoms with Crippen LogP contribution in [0.5, 0.6) is 5.75 Å². The summed E-state index contributed by atoms with van der Waals surface area (Å²) in [7, 11) is 0. The van der Waals surface area contributed by atoms with Gasteiger partial charge in [0.15, 0.2) is 5.75 Å². The van der Waals surface area contributed by atoms with Gasteiger partial charge in [0, 0.05) is 12.1 Å². The number of allylic oxidation sites excluding steroid dienone is 1. The first-order valence-corrected chi connectivity index (χ1v) is 7.81. The Morgan fingerprint density at radius 3 is 2.50 bits per heavy atom. The Labute approximate surface area is 141 Å². The molecule has 0 spiro atoms. The molecule has 24 heavy (non-hydrogen) atoms. The number of hydrogen-bond acceptors (Lipinski definition) is 8. The van der Waals surface area contributed by atoms with Crippen LogP contribution in [0.4, 0.5) is 11.9 Å². The van der Waals surface area contributed by atoms with Crippen molar-refractivity contribution in [3.8, 4) is 5.75 Å². The zero-order valence-electron chi connectivity index (χ0n) is 14.5. The minimum absolute atomic E-state index is 0.00432. The zero-order chi connectivity index (χ0) is 17.5. The summed E-state index contributed by atoms with van der Waals surface area (Å²) in [5.41, 5.74) is 0.762. The van der Waals surface area contributed by atoms with Crippen LogP contribution >= 0.6 is 0 Å². The fourth-order valence-electron chi connectivity index (χ4n) is 1.88. The van der Waals surface area contributed by atoms with Gasteiger partial charge in [-0.3, -0.25) is 0 Å². The molecule has 0 saturated heterocycles. The summed E-state index contributed by atoms with van der Waals surface area (Å²) in [6, 6.07) is -0.00432. The molecule has 0 fully saturated rings. The van der Waals surface area contributed by atoms with E-state index in [4.69, 9.17) is 4.74 Å². The average molecular weight is 329 g/mol. The molecule has 0 aromatic carbocycles. The van der Waals surface area contributed by atoms with Crippen LogP contribution in [0.3, 0.4) is 0 Å². The normalized spacial score (nSPS) is 11.7. The number of hydrogen-bond donors (Lipinski definition) is 2. The Balaban J connectivity index is 1.92. The first-order chi connectivity index (χ1) is 11.5. The van der Waals surface area contributed by atoms with Crippen molar-refractivity contribution in [2.45, 2.75) is 40.2 Å². The molecule has 0 saturated carbocycles. The number of nitrogens with one attached hydrogen (secondary N) is 2. The summed E-state index contributed by atoms with van der Waals surface area (Å²) >= 11 is 0. The quantitative estimate of drug-likeness (QED) is 0.761. The summed E-state index contributed by atoms with van der Waals surface area (Å²) in [6.45, 7) is 11.9. The molecule has 1 atom stereocenters. The molecule has 0 aliphatic heterocycles. The van der Waals surface area contributed by atoms with E-state index in [1.165, 1.54) is 0 Å². The summed E-state index contributed by atoms with van der Waals surface area (Å²) in [5, 5.41) is 6.17. The summed E-state index contributed by atoms with van der Waals surface area (Å²) in [6.07, 6.45) is 4.17. The highest BCUT2D eigenvalue weighted by Crippen LogP contribution is 2.10. The van der Waals surface area contributed by atoms with Gasteiger partial charge in [-0.05, 0) is 20.8 Å². The van der Waals surface area contributed by atoms with Gasteiger partial charge in [0.1, 0.15) is 18.3 Å². The lowest BCUT2D eigenvalue weighted by Crippen LogP contribution is -2.25. The van der Waals surface area contributed by atoms with Gasteiger partial charge in [0.05, 0.1) is 18.4 Å². The highest BCUT2D eigenvalue weighted by molar-refractivity contribution is 5.38. The van der Waals surface area contributed by atoms with Crippen LogP contribution in [0.1, 0.15) is 32.4 Å². The maximum atomic E-state index is 5.68. The molecule has 0 bridgehead atoms. The monoisotopic (exact) mass is 329 g/mol. The fourth-order valence-corrected chi connectivity index (χ4v) is 1.88. The van der Waals surface area contributed by atoms with Crippen LogP contribution in [-0.2, 0) is 6.42 Å². The molecule has 0 amide bonds. The Morgan fingerprint density at radius 1 is 1.21 bits per heavy atom. The van der Waals surface area contributed by atoms with Crippen molar-refractivity contribution in [1.82, 2.24) is 24.9 Å². The second kappa shape index (κ2) is 8.19. The molecule has 2 aromatic heterocycles. The van der Waals surface area contributed by atoms with E-state index in [0.717, 1.165) is 17.9 Å². The predicted molar refractivity (Wildman–Crippen MR) is 93.0 cm³/mol. The third-order valence-corrected chi connectivity index (χ3v) is 2.95. The lowest BCUT2D eigenvalue weighted by atomic mass is 10.3. The van der Waals surface area contributed by atoms with Crippen molar-refractivity contribution in [2.24, 2.45) is 0 Å². The second-order valence-electron chi connectivity index (χ2n) is 5.48. The summed E-state index contributed by atoms with van der Waals surface area (Å²) in [5.74, 6) is 3.01. The average Bonchev–Trinajstić information content (AvgIpc) is 2.52. The van der Waals surface area contributed by atoms with Crippen molar-refractivity contribution < 1.29 is 4.74 Å². The van der Waals surface area contributed by atoms with Gasteiger partial charge in [0.25, 0.3) is 0 Å². The van der Waals surface area contributed by atoms with Crippen LogP contribution in [0.15, 0.2) is 24.7 Å². The zero-order valence-corrected chi connectivity index (χ0v) is 14.5. The van der Waals surface area contributed by atoms with Crippen molar-refractivity contribution >= 4 is 11.9 Å². The van der Waals surface area contributed by atoms with Crippen molar-refractivity contribution in [3.05, 3.63) is 36.3 Å². The third kappa shape index (κ3) is 5.45. The van der Waals surface area contributed by atoms with Gasteiger partial charge >= 0.3 is 0 Å². The molecule has 8 heteroatoms. The molecule has 1 unspecified atom stereocenters. The Morgan fingerprint density at radius 2 is 1.88 bits per heavy atom. The standard InChI is InChI=1S/C16H23N7O/c1-6-14-17-7-13(8-18-14)24-9-11(4)20-16-22-12(5)21-15(23-16)19-10(2)3/h7-8,11H,2,6,9H2,1,3-5H3,(H2,19,20,21,22,23). The lowest BCUT2D eigenvalue weighted by Gasteiger charge is -2.15. The summed E-state index contributed by atoms with van der Waals surface area (Å²) < 4.78 is 5.68. The first kappa shape index (κ1) is 17.6. The van der Waals surface area contributed by atoms with Gasteiger partial charge < -0.3 is 15.4 Å². The van der Waals surface area contributed by atoms with E-state index in [2.05, 4.69) is 42.1 Å². The molecule has 8 nitrogen and oxygen atoms in total. The highest BCUT2D eigenvalue weighted by atomic mass is 16.5. The number of ether oxygens (including phenoxy) is 1. The van der Waals surface area contributed by atoms with E-state index in [0.29, 0.717) is 30.1 Å². The maximum Gasteiger partial charge on any atom is 0.231 e. The van der Waals surface area contributed by atoms with E-state index < -0.39 is 0 Å². The first-order valence-electron chi connectivity index (χ1n) is 7.81. The topological polar surface area (TPSA) is 97.7 Å². The van der Waals surface area contributed by atoms with E-state index in [1.54, 1.807) is 12.4 Å². The second-order valence-corrected chi connectivity index (χ2v) is 5.48. The largest absolute Gasteiger partial charge is 0.488 e. The fraction of sp³-hybridized carbons (Fsp3) is 0.438. The highest BCUT2D eigenvalue weighted by Gasteiger charge is 2.09. The van der Waals surface area contributed by atoms with Gasteiger partial charge in [-0.2, -0.15) is 15.0 Å². The molecule has 2 rings (SSSR count). The molecule has 0 aliphatic rings. The van der Waals surface area contributed by atoms with Crippen LogP contribution in [0.2, 0.25) is 0 Å². The van der Waals surface area contributed by atoms with Crippen LogP contribution in [0, 0.1) is 6.92 Å². The smallest absolute Gasteiger partial charge is 0.231 e. The van der Waals surface area contributed by atoms with Gasteiger partial charge in [0.2, 0.25) is 11.9 Å². The molecule has 0 radical (unpaired) electrons. The molecule has 2 heterocycles. The van der Waals surface area contributed by atoms with Crippen LogP contribution < -0.4 is 15.4 Å². The minimum Gasteiger partial charge on any atom is -0.488 e. The van der Waals surface area contributed by atoms with E-state index >= 15 is 0 Å². The SMILES string of the molecule is C=C(C)Nc1nc(C)nc(NC(C)COc2cnc(CC)nc2)n1. The third-order valence-electron chi connectivity index (χ3n) is 2.95. The Hall–Kier alpha value is -2.77. The van der Waals surface area contributed by atoms with Crippen LogP contribution in [0.25, 0.3) is 0 Å². The predicted octanol–water partition coefficient (Wildman–Crippen LogP) is 2.36. The van der Waals surface area contributed by atoms with Crippen molar-refractivity contribution in [3.63, 3.8) is 0 Å². The number of aryl methyl sites for hydroxylation is 2. The maximum absolute atomic E-state index is 5.68. The lowest BCUT2D eigenvalue weighted by molar-refractivity contribution is 0.300. The molecular weight excluding hydrogens is 306 g/mol. The number of rotatable bonds is 8. The van der Waals surface area contributed by atoms with E-state index in [1.807, 2.05) is 27.7 Å². The van der Waals surface area contributed by atoms with Crippen molar-refractivity contribution in [2.75, 3.05) is 17.2 Å². The van der Waals surface area contributed by atoms with Crippen LogP contribution in [-0.4, -0.2) is 37.6 Å². The van der Waals surface area contributed by atoms with Crippen molar-refractivity contribution in [1.29, 1.82) is 0 Å². The number of nitrogens with zero attached hydrogens (tertiary/aromatic N) is 5.